The van der Waals surface area contributed by atoms with Gasteiger partial charge in [-0.3, -0.25) is 4.79 Å². The number of nitrogens with two attached hydrogens (primary N) is 1. The Labute approximate surface area is 184 Å². The fourth-order valence-corrected chi connectivity index (χ4v) is 4.36. The van der Waals surface area contributed by atoms with Crippen LogP contribution in [0.5, 0.6) is 5.75 Å². The lowest BCUT2D eigenvalue weighted by Gasteiger charge is -2.32. The maximum absolute atomic E-state index is 13.3. The van der Waals surface area contributed by atoms with Gasteiger partial charge in [-0.2, -0.15) is 0 Å². The third-order valence-corrected chi connectivity index (χ3v) is 6.33. The first-order chi connectivity index (χ1) is 14.6. The van der Waals surface area contributed by atoms with E-state index >= 15 is 0 Å². The highest BCUT2D eigenvalue weighted by atomic mass is 35.5. The van der Waals surface area contributed by atoms with E-state index in [1.807, 2.05) is 0 Å². The van der Waals surface area contributed by atoms with Crippen molar-refractivity contribution in [2.45, 2.75) is 23.8 Å². The van der Waals surface area contributed by atoms with Gasteiger partial charge in [0.25, 0.3) is 5.91 Å². The van der Waals surface area contributed by atoms with Gasteiger partial charge >= 0.3 is 0 Å². The molecular formula is C20H22ClF2N3O4S. The Hall–Kier alpha value is -2.27. The van der Waals surface area contributed by atoms with E-state index in [0.29, 0.717) is 31.7 Å². The number of carbonyl (C=O) groups is 1. The van der Waals surface area contributed by atoms with Crippen molar-refractivity contribution in [1.29, 1.82) is 0 Å². The van der Waals surface area contributed by atoms with Gasteiger partial charge in [0, 0.05) is 37.8 Å². The van der Waals surface area contributed by atoms with E-state index in [1.165, 1.54) is 18.2 Å². The number of likely N-dealkylation sites (tertiary alicyclic amines) is 1. The topological polar surface area (TPSA) is 102 Å². The van der Waals surface area contributed by atoms with Gasteiger partial charge in [0.1, 0.15) is 16.7 Å². The number of nitrogens with one attached hydrogen (secondary N) is 1. The van der Waals surface area contributed by atoms with Crippen LogP contribution in [-0.2, 0) is 10.0 Å². The minimum absolute atomic E-state index is 0.0486. The molecule has 1 amide bonds. The molecule has 1 fully saturated rings. The predicted molar refractivity (Wildman–Crippen MR) is 112 cm³/mol. The average molecular weight is 474 g/mol. The van der Waals surface area contributed by atoms with E-state index in [9.17, 15) is 22.0 Å². The fourth-order valence-electron chi connectivity index (χ4n) is 3.29. The smallest absolute Gasteiger partial charge is 0.251 e. The molecule has 0 aliphatic carbocycles. The second-order valence-corrected chi connectivity index (χ2v) is 9.12. The van der Waals surface area contributed by atoms with Crippen molar-refractivity contribution in [3.63, 3.8) is 0 Å². The molecule has 11 heteroatoms. The molecule has 0 saturated carbocycles. The first-order valence-corrected chi connectivity index (χ1v) is 11.5. The van der Waals surface area contributed by atoms with Crippen LogP contribution in [0.4, 0.5) is 8.78 Å². The van der Waals surface area contributed by atoms with Crippen molar-refractivity contribution >= 4 is 27.5 Å². The van der Waals surface area contributed by atoms with Gasteiger partial charge < -0.3 is 15.0 Å². The number of ether oxygens (including phenoxy) is 1. The molecule has 2 aromatic rings. The fraction of sp³-hybridized carbons (Fsp3) is 0.350. The molecule has 1 heterocycles. The summed E-state index contributed by atoms with van der Waals surface area (Å²) in [5.41, 5.74) is 0.145. The number of rotatable bonds is 7. The molecule has 0 radical (unpaired) electrons. The molecule has 0 spiro atoms. The number of amides is 1. The Morgan fingerprint density at radius 1 is 1.16 bits per heavy atom. The molecule has 0 unspecified atom stereocenters. The van der Waals surface area contributed by atoms with Crippen molar-refractivity contribution < 1.29 is 26.7 Å². The normalized spacial score (nSPS) is 15.6. The summed E-state index contributed by atoms with van der Waals surface area (Å²) in [4.78, 5) is 14.1. The number of sulfonamides is 1. The molecule has 3 rings (SSSR count). The first-order valence-electron chi connectivity index (χ1n) is 9.58. The molecule has 0 aromatic heterocycles. The summed E-state index contributed by atoms with van der Waals surface area (Å²) in [6, 6.07) is 7.36. The molecular weight excluding hydrogens is 452 g/mol. The third-order valence-electron chi connectivity index (χ3n) is 4.94. The number of carbonyl (C=O) groups excluding carboxylic acids is 1. The SMILES string of the molecule is NS(=O)(=O)c1cc(C(=O)NCCN2CCC(Oc3ccc(F)c(F)c3)CC2)ccc1Cl. The van der Waals surface area contributed by atoms with Crippen LogP contribution in [0, 0.1) is 11.6 Å². The molecule has 1 saturated heterocycles. The van der Waals surface area contributed by atoms with Crippen molar-refractivity contribution in [1.82, 2.24) is 10.2 Å². The van der Waals surface area contributed by atoms with E-state index < -0.39 is 27.6 Å². The zero-order chi connectivity index (χ0) is 22.6. The maximum atomic E-state index is 13.3. The van der Waals surface area contributed by atoms with Crippen molar-refractivity contribution in [2.75, 3.05) is 26.2 Å². The monoisotopic (exact) mass is 473 g/mol. The number of halogens is 3. The predicted octanol–water partition coefficient (Wildman–Crippen LogP) is 2.54. The summed E-state index contributed by atoms with van der Waals surface area (Å²) in [7, 11) is -4.03. The van der Waals surface area contributed by atoms with Crippen LogP contribution in [0.15, 0.2) is 41.3 Å². The zero-order valence-electron chi connectivity index (χ0n) is 16.5. The van der Waals surface area contributed by atoms with Gasteiger partial charge in [0.15, 0.2) is 11.6 Å². The molecule has 1 aliphatic heterocycles. The molecule has 7 nitrogen and oxygen atoms in total. The molecule has 168 valence electrons. The van der Waals surface area contributed by atoms with Crippen LogP contribution in [0.2, 0.25) is 5.02 Å². The Balaban J connectivity index is 1.44. The highest BCUT2D eigenvalue weighted by molar-refractivity contribution is 7.89. The summed E-state index contributed by atoms with van der Waals surface area (Å²) < 4.78 is 55.1. The summed E-state index contributed by atoms with van der Waals surface area (Å²) in [6.45, 7) is 2.40. The van der Waals surface area contributed by atoms with Gasteiger partial charge in [0.2, 0.25) is 10.0 Å². The third kappa shape index (κ3) is 6.36. The van der Waals surface area contributed by atoms with E-state index in [0.717, 1.165) is 31.3 Å². The highest BCUT2D eigenvalue weighted by Gasteiger charge is 2.21. The number of piperidine rings is 1. The van der Waals surface area contributed by atoms with E-state index in [4.69, 9.17) is 21.5 Å². The lowest BCUT2D eigenvalue weighted by Crippen LogP contribution is -2.42. The number of nitrogens with zero attached hydrogens (tertiary/aromatic N) is 1. The summed E-state index contributed by atoms with van der Waals surface area (Å²) >= 11 is 5.83. The quantitative estimate of drug-likeness (QED) is 0.643. The summed E-state index contributed by atoms with van der Waals surface area (Å²) in [5, 5.41) is 7.79. The van der Waals surface area contributed by atoms with E-state index in [1.54, 1.807) is 0 Å². The zero-order valence-corrected chi connectivity index (χ0v) is 18.1. The molecule has 31 heavy (non-hydrogen) atoms. The van der Waals surface area contributed by atoms with Crippen molar-refractivity contribution in [3.05, 3.63) is 58.6 Å². The number of primary sulfonamides is 1. The summed E-state index contributed by atoms with van der Waals surface area (Å²) in [5.74, 6) is -1.99. The molecule has 3 N–H and O–H groups in total. The van der Waals surface area contributed by atoms with Gasteiger partial charge in [-0.25, -0.2) is 22.3 Å². The van der Waals surface area contributed by atoms with Crippen LogP contribution >= 0.6 is 11.6 Å². The van der Waals surface area contributed by atoms with Gasteiger partial charge in [-0.1, -0.05) is 11.6 Å². The molecule has 1 aliphatic rings. The Morgan fingerprint density at radius 2 is 1.87 bits per heavy atom. The minimum Gasteiger partial charge on any atom is -0.490 e. The van der Waals surface area contributed by atoms with Crippen LogP contribution in [-0.4, -0.2) is 51.5 Å². The largest absolute Gasteiger partial charge is 0.490 e. The maximum Gasteiger partial charge on any atom is 0.251 e. The van der Waals surface area contributed by atoms with Crippen LogP contribution < -0.4 is 15.2 Å². The van der Waals surface area contributed by atoms with Crippen LogP contribution in [0.25, 0.3) is 0 Å². The number of hydrogen-bond acceptors (Lipinski definition) is 5. The Bertz CT molecular complexity index is 1060. The second kappa shape index (κ2) is 9.90. The summed E-state index contributed by atoms with van der Waals surface area (Å²) in [6.07, 6.45) is 1.32. The standard InChI is InChI=1S/C20H22ClF2N3O4S/c21-16-3-1-13(11-19(16)31(24,28)29)20(27)25-7-10-26-8-5-14(6-9-26)30-15-2-4-17(22)18(23)12-15/h1-4,11-12,14H,5-10H2,(H,25,27)(H2,24,28,29). The highest BCUT2D eigenvalue weighted by Crippen LogP contribution is 2.22. The Kier molecular flexibility index (Phi) is 7.47. The van der Waals surface area contributed by atoms with Gasteiger partial charge in [-0.05, 0) is 43.2 Å². The first kappa shape index (κ1) is 23.4. The van der Waals surface area contributed by atoms with E-state index in [-0.39, 0.29) is 21.6 Å². The van der Waals surface area contributed by atoms with Crippen LogP contribution in [0.1, 0.15) is 23.2 Å². The molecule has 0 bridgehead atoms. The lowest BCUT2D eigenvalue weighted by atomic mass is 10.1. The average Bonchev–Trinajstić information content (AvgIpc) is 2.71. The van der Waals surface area contributed by atoms with Gasteiger partial charge in [-0.15, -0.1) is 0 Å². The van der Waals surface area contributed by atoms with Crippen molar-refractivity contribution in [3.8, 4) is 5.75 Å². The second-order valence-electron chi connectivity index (χ2n) is 7.18. The van der Waals surface area contributed by atoms with Crippen LogP contribution in [0.3, 0.4) is 0 Å². The van der Waals surface area contributed by atoms with E-state index in [2.05, 4.69) is 10.2 Å². The Morgan fingerprint density at radius 3 is 2.52 bits per heavy atom. The van der Waals surface area contributed by atoms with Crippen molar-refractivity contribution in [2.24, 2.45) is 5.14 Å². The number of hydrogen-bond donors (Lipinski definition) is 2. The molecule has 0 atom stereocenters. The molecule has 2 aromatic carbocycles. The minimum atomic E-state index is -4.03. The van der Waals surface area contributed by atoms with Gasteiger partial charge in [0.05, 0.1) is 5.02 Å². The number of benzene rings is 2. The lowest BCUT2D eigenvalue weighted by molar-refractivity contribution is 0.0904.